The highest BCUT2D eigenvalue weighted by atomic mass is 19.1. The average Bonchev–Trinajstić information content (AvgIpc) is 2.76. The summed E-state index contributed by atoms with van der Waals surface area (Å²) < 4.78 is 13.9. The molecular formula is C19H29FO3. The highest BCUT2D eigenvalue weighted by Gasteiger charge is 2.64. The van der Waals surface area contributed by atoms with Crippen LogP contribution in [0.3, 0.4) is 0 Å². The van der Waals surface area contributed by atoms with E-state index in [1.807, 2.05) is 6.92 Å². The minimum atomic E-state index is -0.821. The first-order valence-electron chi connectivity index (χ1n) is 9.31. The van der Waals surface area contributed by atoms with Crippen LogP contribution in [0.1, 0.15) is 58.8 Å². The summed E-state index contributed by atoms with van der Waals surface area (Å²) >= 11 is 0. The Morgan fingerprint density at radius 1 is 1.09 bits per heavy atom. The van der Waals surface area contributed by atoms with E-state index in [9.17, 15) is 19.4 Å². The smallest absolute Gasteiger partial charge is 0.139 e. The monoisotopic (exact) mass is 324 g/mol. The van der Waals surface area contributed by atoms with Crippen LogP contribution in [-0.4, -0.2) is 34.4 Å². The maximum atomic E-state index is 13.9. The molecule has 4 saturated carbocycles. The van der Waals surface area contributed by atoms with Gasteiger partial charge in [-0.1, -0.05) is 13.8 Å². The summed E-state index contributed by atoms with van der Waals surface area (Å²) in [5.74, 6) is 0.812. The standard InChI is InChI=1S/C19H29FO3/c1-18-6-5-10(20)7-13(18)14(21)8-11-12-3-4-16(23)19(12,2)9-15(22)17(11)18/h10-15,17,21-22H,3-9H2,1-2H3/t10-,11-,12-,13-,14+,15-,17+,18-,19+/m1/s1. The third kappa shape index (κ3) is 2.03. The normalized spacial score (nSPS) is 59.2. The van der Waals surface area contributed by atoms with Crippen LogP contribution in [0.25, 0.3) is 0 Å². The minimum absolute atomic E-state index is 0.0522. The molecule has 0 aromatic carbocycles. The molecule has 0 spiro atoms. The van der Waals surface area contributed by atoms with Crippen molar-refractivity contribution in [2.24, 2.45) is 34.5 Å². The predicted octanol–water partition coefficient (Wildman–Crippen LogP) is 2.88. The molecule has 0 unspecified atom stereocenters. The third-order valence-corrected chi connectivity index (χ3v) is 8.26. The summed E-state index contributed by atoms with van der Waals surface area (Å²) in [6.45, 7) is 4.18. The summed E-state index contributed by atoms with van der Waals surface area (Å²) in [7, 11) is 0. The molecule has 4 aliphatic rings. The van der Waals surface area contributed by atoms with Crippen LogP contribution in [0.2, 0.25) is 0 Å². The van der Waals surface area contributed by atoms with E-state index >= 15 is 0 Å². The van der Waals surface area contributed by atoms with Crippen molar-refractivity contribution in [2.45, 2.75) is 77.2 Å². The van der Waals surface area contributed by atoms with Crippen molar-refractivity contribution in [1.82, 2.24) is 0 Å². The van der Waals surface area contributed by atoms with Gasteiger partial charge >= 0.3 is 0 Å². The van der Waals surface area contributed by atoms with Gasteiger partial charge in [-0.2, -0.15) is 0 Å². The van der Waals surface area contributed by atoms with Crippen LogP contribution in [0.4, 0.5) is 4.39 Å². The minimum Gasteiger partial charge on any atom is -0.393 e. The second-order valence-corrected chi connectivity index (χ2v) is 9.23. The Bertz CT molecular complexity index is 523. The molecule has 0 saturated heterocycles. The lowest BCUT2D eigenvalue weighted by atomic mass is 9.44. The molecule has 4 aliphatic carbocycles. The van der Waals surface area contributed by atoms with Gasteiger partial charge in [0.25, 0.3) is 0 Å². The van der Waals surface area contributed by atoms with Gasteiger partial charge in [-0.05, 0) is 67.6 Å². The summed E-state index contributed by atoms with van der Waals surface area (Å²) in [5, 5.41) is 21.7. The van der Waals surface area contributed by atoms with Crippen LogP contribution in [0, 0.1) is 34.5 Å². The number of carbonyl (C=O) groups excluding carboxylic acids is 1. The van der Waals surface area contributed by atoms with Crippen molar-refractivity contribution < 1.29 is 19.4 Å². The molecule has 9 atom stereocenters. The predicted molar refractivity (Wildman–Crippen MR) is 84.4 cm³/mol. The number of rotatable bonds is 0. The lowest BCUT2D eigenvalue weighted by molar-refractivity contribution is -0.200. The van der Waals surface area contributed by atoms with Gasteiger partial charge < -0.3 is 10.2 Å². The molecule has 0 radical (unpaired) electrons. The summed E-state index contributed by atoms with van der Waals surface area (Å²) in [6.07, 6.45) is 2.57. The maximum Gasteiger partial charge on any atom is 0.139 e. The maximum absolute atomic E-state index is 13.9. The molecule has 0 bridgehead atoms. The number of fused-ring (bicyclic) bond motifs is 5. The number of aliphatic hydroxyl groups is 2. The van der Waals surface area contributed by atoms with E-state index in [1.165, 1.54) is 0 Å². The second-order valence-electron chi connectivity index (χ2n) is 9.23. The highest BCUT2D eigenvalue weighted by molar-refractivity contribution is 5.87. The van der Waals surface area contributed by atoms with Crippen LogP contribution in [0.15, 0.2) is 0 Å². The largest absolute Gasteiger partial charge is 0.393 e. The van der Waals surface area contributed by atoms with Crippen LogP contribution >= 0.6 is 0 Å². The van der Waals surface area contributed by atoms with Crippen LogP contribution in [0.5, 0.6) is 0 Å². The van der Waals surface area contributed by atoms with E-state index in [1.54, 1.807) is 0 Å². The molecule has 23 heavy (non-hydrogen) atoms. The molecule has 130 valence electrons. The number of aliphatic hydroxyl groups excluding tert-OH is 2. The Hall–Kier alpha value is -0.480. The van der Waals surface area contributed by atoms with Gasteiger partial charge in [0.2, 0.25) is 0 Å². The fraction of sp³-hybridized carbons (Fsp3) is 0.947. The second kappa shape index (κ2) is 5.01. The van der Waals surface area contributed by atoms with Gasteiger partial charge in [0, 0.05) is 11.8 Å². The molecule has 3 nitrogen and oxygen atoms in total. The number of hydrogen-bond donors (Lipinski definition) is 2. The first-order chi connectivity index (χ1) is 10.8. The fourth-order valence-corrected chi connectivity index (χ4v) is 7.15. The van der Waals surface area contributed by atoms with Gasteiger partial charge in [0.05, 0.1) is 12.2 Å². The Morgan fingerprint density at radius 3 is 2.57 bits per heavy atom. The van der Waals surface area contributed by atoms with Gasteiger partial charge in [0.15, 0.2) is 0 Å². The summed E-state index contributed by atoms with van der Waals surface area (Å²) in [6, 6.07) is 0. The molecular weight excluding hydrogens is 295 g/mol. The average molecular weight is 324 g/mol. The molecule has 0 aromatic rings. The number of ketones is 1. The van der Waals surface area contributed by atoms with E-state index < -0.39 is 23.8 Å². The molecule has 0 heterocycles. The summed E-state index contributed by atoms with van der Waals surface area (Å²) in [5.41, 5.74) is -0.613. The zero-order chi connectivity index (χ0) is 16.6. The van der Waals surface area contributed by atoms with Crippen molar-refractivity contribution in [3.63, 3.8) is 0 Å². The molecule has 0 amide bonds. The Labute approximate surface area is 137 Å². The van der Waals surface area contributed by atoms with Gasteiger partial charge in [0.1, 0.15) is 12.0 Å². The first-order valence-corrected chi connectivity index (χ1v) is 9.31. The topological polar surface area (TPSA) is 57.5 Å². The SMILES string of the molecule is C[C@@]12CC[C@@H](F)C[C@@H]1[C@@H](O)C[C@H]1[C@H]2[C@H](O)C[C@]2(C)C(=O)CC[C@H]12. The number of alkyl halides is 1. The van der Waals surface area contributed by atoms with Crippen molar-refractivity contribution in [3.05, 3.63) is 0 Å². The number of carbonyl (C=O) groups is 1. The number of Topliss-reactive ketones (excluding diaryl/α,β-unsaturated/α-hetero) is 1. The lowest BCUT2D eigenvalue weighted by Crippen LogP contribution is -2.62. The molecule has 0 aliphatic heterocycles. The van der Waals surface area contributed by atoms with Gasteiger partial charge in [-0.3, -0.25) is 4.79 Å². The Kier molecular flexibility index (Phi) is 3.49. The molecule has 4 heteroatoms. The van der Waals surface area contributed by atoms with Crippen molar-refractivity contribution >= 4 is 5.78 Å². The van der Waals surface area contributed by atoms with E-state index in [0.717, 1.165) is 12.8 Å². The van der Waals surface area contributed by atoms with E-state index in [4.69, 9.17) is 0 Å². The van der Waals surface area contributed by atoms with Crippen molar-refractivity contribution in [2.75, 3.05) is 0 Å². The fourth-order valence-electron chi connectivity index (χ4n) is 7.15. The summed E-state index contributed by atoms with van der Waals surface area (Å²) in [4.78, 5) is 12.4. The number of hydrogen-bond acceptors (Lipinski definition) is 3. The first kappa shape index (κ1) is 16.0. The van der Waals surface area contributed by atoms with E-state index in [2.05, 4.69) is 6.92 Å². The Balaban J connectivity index is 1.73. The molecule has 4 rings (SSSR count). The van der Waals surface area contributed by atoms with E-state index in [-0.39, 0.29) is 34.9 Å². The highest BCUT2D eigenvalue weighted by Crippen LogP contribution is 2.65. The van der Waals surface area contributed by atoms with Gasteiger partial charge in [-0.15, -0.1) is 0 Å². The Morgan fingerprint density at radius 2 is 1.83 bits per heavy atom. The number of halogens is 1. The third-order valence-electron chi connectivity index (χ3n) is 8.26. The van der Waals surface area contributed by atoms with Crippen LogP contribution in [-0.2, 0) is 4.79 Å². The quantitative estimate of drug-likeness (QED) is 0.720. The van der Waals surface area contributed by atoms with E-state index in [0.29, 0.717) is 32.1 Å². The van der Waals surface area contributed by atoms with Gasteiger partial charge in [-0.25, -0.2) is 4.39 Å². The molecule has 2 N–H and O–H groups in total. The van der Waals surface area contributed by atoms with Crippen LogP contribution < -0.4 is 0 Å². The van der Waals surface area contributed by atoms with Crippen molar-refractivity contribution in [1.29, 1.82) is 0 Å². The zero-order valence-electron chi connectivity index (χ0n) is 14.2. The zero-order valence-corrected chi connectivity index (χ0v) is 14.2. The lowest BCUT2D eigenvalue weighted by Gasteiger charge is -2.62. The molecule has 4 fully saturated rings. The van der Waals surface area contributed by atoms with Crippen molar-refractivity contribution in [3.8, 4) is 0 Å². The molecule has 0 aromatic heterocycles.